The standard InChI is InChI=1S/C2H5ClN2S/c1-2-6(3)5-4/h2H2,1H3. The molecule has 0 bridgehead atoms. The molecule has 0 amide bonds. The van der Waals surface area contributed by atoms with Crippen LogP contribution >= 0.6 is 10.7 Å². The molecule has 0 fully saturated rings. The molecule has 0 aliphatic heterocycles. The number of rotatable bonds is 1. The van der Waals surface area contributed by atoms with Gasteiger partial charge < -0.3 is 5.53 Å². The van der Waals surface area contributed by atoms with Gasteiger partial charge in [-0.05, 0) is 6.92 Å². The Bertz CT molecular complexity index is 85.5. The van der Waals surface area contributed by atoms with Crippen molar-refractivity contribution in [2.75, 3.05) is 5.75 Å². The molecule has 0 radical (unpaired) electrons. The van der Waals surface area contributed by atoms with Gasteiger partial charge in [0, 0.05) is 10.7 Å². The highest BCUT2D eigenvalue weighted by molar-refractivity contribution is 8.09. The minimum Gasteiger partial charge on any atom is -0.350 e. The van der Waals surface area contributed by atoms with Crippen LogP contribution in [-0.2, 0) is 9.90 Å². The van der Waals surface area contributed by atoms with Gasteiger partial charge in [0.05, 0.1) is 5.75 Å². The molecule has 0 saturated carbocycles. The van der Waals surface area contributed by atoms with Gasteiger partial charge in [-0.25, -0.2) is 0 Å². The summed E-state index contributed by atoms with van der Waals surface area (Å²) >= 11 is 0. The van der Waals surface area contributed by atoms with Crippen LogP contribution in [0.1, 0.15) is 6.92 Å². The van der Waals surface area contributed by atoms with Gasteiger partial charge in [0.1, 0.15) is 0 Å². The largest absolute Gasteiger partial charge is 0.350 e. The first-order valence-electron chi connectivity index (χ1n) is 1.53. The van der Waals surface area contributed by atoms with Crippen molar-refractivity contribution in [2.45, 2.75) is 6.92 Å². The molecule has 4 heteroatoms. The fourth-order valence-corrected chi connectivity index (χ4v) is 0.173. The van der Waals surface area contributed by atoms with E-state index in [4.69, 9.17) is 16.2 Å². The highest BCUT2D eigenvalue weighted by atomic mass is 35.7. The fourth-order valence-electron chi connectivity index (χ4n) is 0.0577. The van der Waals surface area contributed by atoms with Crippen LogP contribution in [0, 0.1) is 0 Å². The Morgan fingerprint density at radius 2 is 2.50 bits per heavy atom. The van der Waals surface area contributed by atoms with Crippen LogP contribution in [0.2, 0.25) is 0 Å². The van der Waals surface area contributed by atoms with Crippen molar-refractivity contribution in [3.05, 3.63) is 5.53 Å². The second kappa shape index (κ2) is 3.34. The van der Waals surface area contributed by atoms with Crippen molar-refractivity contribution in [1.82, 2.24) is 4.16 Å². The van der Waals surface area contributed by atoms with Crippen molar-refractivity contribution in [2.24, 2.45) is 0 Å². The molecule has 0 aliphatic carbocycles. The normalized spacial score (nSPS) is 13.0. The lowest BCUT2D eigenvalue weighted by Crippen LogP contribution is -1.80. The number of nitrogens with zero attached hydrogens (tertiary/aromatic N) is 2. The lowest BCUT2D eigenvalue weighted by atomic mass is 11.0. The van der Waals surface area contributed by atoms with E-state index in [-0.39, 0.29) is 0 Å². The van der Waals surface area contributed by atoms with E-state index in [1.54, 1.807) is 0 Å². The van der Waals surface area contributed by atoms with Crippen LogP contribution in [0.4, 0.5) is 0 Å². The molecule has 2 nitrogen and oxygen atoms in total. The maximum Gasteiger partial charge on any atom is 0.254 e. The summed E-state index contributed by atoms with van der Waals surface area (Å²) in [6, 6.07) is 0. The fraction of sp³-hybridized carbons (Fsp3) is 1.00. The van der Waals surface area contributed by atoms with Crippen molar-refractivity contribution < 1.29 is 0 Å². The zero-order chi connectivity index (χ0) is 4.99. The third-order valence-corrected chi connectivity index (χ3v) is 1.82. The molecular weight excluding hydrogens is 120 g/mol. The monoisotopic (exact) mass is 124 g/mol. The lowest BCUT2D eigenvalue weighted by molar-refractivity contribution is 1.51. The van der Waals surface area contributed by atoms with Gasteiger partial charge in [-0.1, -0.05) is 0 Å². The Hall–Kier alpha value is 0.150. The minimum atomic E-state index is -0.631. The van der Waals surface area contributed by atoms with E-state index in [9.17, 15) is 0 Å². The summed E-state index contributed by atoms with van der Waals surface area (Å²) in [6.45, 7) is 1.86. The van der Waals surface area contributed by atoms with Gasteiger partial charge in [0.2, 0.25) is 0 Å². The summed E-state index contributed by atoms with van der Waals surface area (Å²) in [7, 11) is 4.63. The van der Waals surface area contributed by atoms with E-state index >= 15 is 0 Å². The number of hydrogen-bond donors (Lipinski definition) is 0. The maximum atomic E-state index is 7.84. The van der Waals surface area contributed by atoms with E-state index < -0.39 is 9.90 Å². The summed E-state index contributed by atoms with van der Waals surface area (Å²) in [4.78, 5) is 0. The summed E-state index contributed by atoms with van der Waals surface area (Å²) in [5, 5.41) is 0. The maximum absolute atomic E-state index is 7.84. The van der Waals surface area contributed by atoms with Crippen LogP contribution in [-0.4, -0.2) is 5.75 Å². The highest BCUT2D eigenvalue weighted by Crippen LogP contribution is 1.83. The molecule has 0 rings (SSSR count). The number of halogens is 1. The third kappa shape index (κ3) is 2.39. The van der Waals surface area contributed by atoms with Crippen LogP contribution < -0.4 is 4.16 Å². The first-order valence-corrected chi connectivity index (χ1v) is 3.71. The first-order chi connectivity index (χ1) is 2.81. The zero-order valence-electron chi connectivity index (χ0n) is 3.39. The molecule has 6 heavy (non-hydrogen) atoms. The van der Waals surface area contributed by atoms with Crippen LogP contribution in [0.15, 0.2) is 0 Å². The third-order valence-electron chi connectivity index (χ3n) is 0.327. The molecule has 36 valence electrons. The first kappa shape index (κ1) is 6.15. The molecule has 0 spiro atoms. The van der Waals surface area contributed by atoms with Crippen LogP contribution in [0.5, 0.6) is 0 Å². The van der Waals surface area contributed by atoms with Crippen molar-refractivity contribution >= 4 is 20.6 Å². The smallest absolute Gasteiger partial charge is 0.254 e. The molecule has 0 heterocycles. The van der Waals surface area contributed by atoms with Crippen molar-refractivity contribution in [3.63, 3.8) is 0 Å². The predicted molar refractivity (Wildman–Crippen MR) is 29.3 cm³/mol. The van der Waals surface area contributed by atoms with E-state index in [1.807, 2.05) is 6.92 Å². The second-order valence-corrected chi connectivity index (χ2v) is 3.10. The van der Waals surface area contributed by atoms with Crippen molar-refractivity contribution in [3.8, 4) is 0 Å². The van der Waals surface area contributed by atoms with Gasteiger partial charge >= 0.3 is 0 Å². The summed E-state index contributed by atoms with van der Waals surface area (Å²) in [5.74, 6) is 0.706. The lowest BCUT2D eigenvalue weighted by Gasteiger charge is -1.66. The van der Waals surface area contributed by atoms with E-state index in [1.165, 1.54) is 0 Å². The van der Waals surface area contributed by atoms with Crippen LogP contribution in [0.25, 0.3) is 5.53 Å². The molecule has 0 N–H and O–H groups in total. The Morgan fingerprint density at radius 1 is 2.00 bits per heavy atom. The minimum absolute atomic E-state index is 0.631. The molecule has 0 saturated heterocycles. The molecule has 0 aromatic heterocycles. The van der Waals surface area contributed by atoms with Gasteiger partial charge in [0.25, 0.3) is 9.90 Å². The van der Waals surface area contributed by atoms with Gasteiger partial charge in [0.15, 0.2) is 0 Å². The zero-order valence-corrected chi connectivity index (χ0v) is 4.96. The van der Waals surface area contributed by atoms with E-state index in [2.05, 4.69) is 4.16 Å². The molecule has 0 aromatic rings. The molecular formula is C2H5ClN2S. The Morgan fingerprint density at radius 3 is 2.50 bits per heavy atom. The Balaban J connectivity index is 3.52. The predicted octanol–water partition coefficient (Wildman–Crippen LogP) is 1.05. The van der Waals surface area contributed by atoms with Crippen LogP contribution in [0.3, 0.4) is 0 Å². The molecule has 0 aromatic carbocycles. The summed E-state index contributed by atoms with van der Waals surface area (Å²) in [5.41, 5.74) is 7.84. The van der Waals surface area contributed by atoms with Gasteiger partial charge in [-0.3, -0.25) is 0 Å². The average Bonchev–Trinajstić information content (AvgIpc) is 1.65. The summed E-state index contributed by atoms with van der Waals surface area (Å²) < 4.78 is 2.80. The Labute approximate surface area is 43.6 Å². The topological polar surface area (TPSA) is 36.4 Å². The van der Waals surface area contributed by atoms with Crippen molar-refractivity contribution in [1.29, 1.82) is 0 Å². The number of hydrogen-bond acceptors (Lipinski definition) is 0. The molecule has 0 aliphatic rings. The van der Waals surface area contributed by atoms with Gasteiger partial charge in [-0.15, -0.1) is 4.16 Å². The highest BCUT2D eigenvalue weighted by Gasteiger charge is 1.87. The van der Waals surface area contributed by atoms with E-state index in [0.29, 0.717) is 5.75 Å². The quantitative estimate of drug-likeness (QED) is 0.370. The molecule has 1 atom stereocenters. The SMILES string of the molecule is CCS(Cl)=[N+]=[N-]. The van der Waals surface area contributed by atoms with E-state index in [0.717, 1.165) is 0 Å². The Kier molecular flexibility index (Phi) is 3.43. The second-order valence-electron chi connectivity index (χ2n) is 0.678. The summed E-state index contributed by atoms with van der Waals surface area (Å²) in [6.07, 6.45) is 0. The van der Waals surface area contributed by atoms with Gasteiger partial charge in [-0.2, -0.15) is 0 Å². The molecule has 1 unspecified atom stereocenters. The average molecular weight is 125 g/mol.